The zero-order chi connectivity index (χ0) is 22.5. The maximum atomic E-state index is 13.4. The first kappa shape index (κ1) is 21.8. The molecule has 1 N–H and O–H groups in total. The van der Waals surface area contributed by atoms with Crippen LogP contribution in [0.5, 0.6) is 0 Å². The number of nitrogens with one attached hydrogen (secondary N) is 1. The molecule has 1 heterocycles. The smallest absolute Gasteiger partial charge is 0.268 e. The maximum Gasteiger partial charge on any atom is 0.268 e. The minimum Gasteiger partial charge on any atom is -0.350 e. The molecule has 162 valence electrons. The van der Waals surface area contributed by atoms with E-state index < -0.39 is 0 Å². The van der Waals surface area contributed by atoms with E-state index in [1.54, 1.807) is 12.1 Å². The molecule has 3 aromatic carbocycles. The number of benzene rings is 3. The summed E-state index contributed by atoms with van der Waals surface area (Å²) < 4.78 is 15.1. The SMILES string of the molecule is Cc1cn(Cc2ccccc2)c(C(=O)NCCc2ccc(F)cc2)c1-c1ccc(Cl)cc1. The van der Waals surface area contributed by atoms with Crippen LogP contribution in [0.2, 0.25) is 5.02 Å². The molecule has 0 fully saturated rings. The van der Waals surface area contributed by atoms with E-state index >= 15 is 0 Å². The zero-order valence-corrected chi connectivity index (χ0v) is 18.6. The van der Waals surface area contributed by atoms with Gasteiger partial charge in [0.15, 0.2) is 0 Å². The second kappa shape index (κ2) is 9.84. The van der Waals surface area contributed by atoms with Gasteiger partial charge >= 0.3 is 0 Å². The largest absolute Gasteiger partial charge is 0.350 e. The number of rotatable bonds is 7. The lowest BCUT2D eigenvalue weighted by atomic mass is 10.0. The van der Waals surface area contributed by atoms with Crippen molar-refractivity contribution in [2.75, 3.05) is 6.54 Å². The molecule has 32 heavy (non-hydrogen) atoms. The predicted octanol–water partition coefficient (Wildman–Crippen LogP) is 6.28. The van der Waals surface area contributed by atoms with E-state index in [1.165, 1.54) is 12.1 Å². The molecule has 3 nitrogen and oxygen atoms in total. The Morgan fingerprint density at radius 3 is 2.31 bits per heavy atom. The van der Waals surface area contributed by atoms with Crippen LogP contribution in [0.4, 0.5) is 4.39 Å². The highest BCUT2D eigenvalue weighted by Gasteiger charge is 2.21. The van der Waals surface area contributed by atoms with Gasteiger partial charge in [-0.15, -0.1) is 0 Å². The Hall–Kier alpha value is -3.37. The monoisotopic (exact) mass is 446 g/mol. The fourth-order valence-corrected chi connectivity index (χ4v) is 4.00. The van der Waals surface area contributed by atoms with Gasteiger partial charge in [0.1, 0.15) is 11.5 Å². The van der Waals surface area contributed by atoms with Gasteiger partial charge in [0.2, 0.25) is 0 Å². The molecule has 0 spiro atoms. The van der Waals surface area contributed by atoms with Crippen LogP contribution < -0.4 is 5.32 Å². The highest BCUT2D eigenvalue weighted by Crippen LogP contribution is 2.31. The lowest BCUT2D eigenvalue weighted by molar-refractivity contribution is 0.0946. The third-order valence-electron chi connectivity index (χ3n) is 5.42. The summed E-state index contributed by atoms with van der Waals surface area (Å²) in [4.78, 5) is 13.4. The molecule has 0 aliphatic rings. The minimum atomic E-state index is -0.264. The van der Waals surface area contributed by atoms with Gasteiger partial charge in [0.05, 0.1) is 0 Å². The summed E-state index contributed by atoms with van der Waals surface area (Å²) in [5.74, 6) is -0.402. The van der Waals surface area contributed by atoms with Crippen LogP contribution >= 0.6 is 11.6 Å². The standard InChI is InChI=1S/C27H24ClFN2O/c1-19-17-31(18-21-5-3-2-4-6-21)26(25(19)22-9-11-23(28)12-10-22)27(32)30-16-15-20-7-13-24(29)14-8-20/h2-14,17H,15-16,18H2,1H3,(H,30,32). The fraction of sp³-hybridized carbons (Fsp3) is 0.148. The number of aryl methyl sites for hydroxylation is 1. The third kappa shape index (κ3) is 5.09. The van der Waals surface area contributed by atoms with E-state index in [0.29, 0.717) is 30.2 Å². The Balaban J connectivity index is 1.62. The number of carbonyl (C=O) groups is 1. The first-order chi connectivity index (χ1) is 15.5. The average Bonchev–Trinajstić information content (AvgIpc) is 3.12. The lowest BCUT2D eigenvalue weighted by Crippen LogP contribution is -2.28. The van der Waals surface area contributed by atoms with Gasteiger partial charge in [-0.05, 0) is 59.9 Å². The summed E-state index contributed by atoms with van der Waals surface area (Å²) in [6, 6.07) is 24.0. The Bertz CT molecular complexity index is 1200. The molecular formula is C27H24ClFN2O. The van der Waals surface area contributed by atoms with E-state index in [1.807, 2.05) is 72.3 Å². The van der Waals surface area contributed by atoms with Crippen LogP contribution in [-0.4, -0.2) is 17.0 Å². The maximum absolute atomic E-state index is 13.4. The number of amides is 1. The number of carbonyl (C=O) groups excluding carboxylic acids is 1. The van der Waals surface area contributed by atoms with Crippen molar-refractivity contribution in [3.63, 3.8) is 0 Å². The van der Waals surface area contributed by atoms with E-state index in [2.05, 4.69) is 5.32 Å². The molecule has 0 aliphatic carbocycles. The van der Waals surface area contributed by atoms with Crippen molar-refractivity contribution in [2.45, 2.75) is 19.9 Å². The molecule has 0 unspecified atom stereocenters. The van der Waals surface area contributed by atoms with E-state index in [-0.39, 0.29) is 11.7 Å². The summed E-state index contributed by atoms with van der Waals surface area (Å²) in [7, 11) is 0. The van der Waals surface area contributed by atoms with Crippen molar-refractivity contribution in [1.82, 2.24) is 9.88 Å². The van der Waals surface area contributed by atoms with Crippen molar-refractivity contribution < 1.29 is 9.18 Å². The van der Waals surface area contributed by atoms with Gasteiger partial charge in [-0.2, -0.15) is 0 Å². The normalized spacial score (nSPS) is 10.8. The summed E-state index contributed by atoms with van der Waals surface area (Å²) in [5, 5.41) is 3.70. The molecule has 0 aliphatic heterocycles. The summed E-state index contributed by atoms with van der Waals surface area (Å²) >= 11 is 6.08. The van der Waals surface area contributed by atoms with Crippen LogP contribution in [0.15, 0.2) is 85.1 Å². The van der Waals surface area contributed by atoms with Crippen molar-refractivity contribution >= 4 is 17.5 Å². The highest BCUT2D eigenvalue weighted by molar-refractivity contribution is 6.30. The Morgan fingerprint density at radius 1 is 0.938 bits per heavy atom. The zero-order valence-electron chi connectivity index (χ0n) is 17.8. The Kier molecular flexibility index (Phi) is 6.72. The molecule has 0 saturated heterocycles. The molecule has 1 amide bonds. The lowest BCUT2D eigenvalue weighted by Gasteiger charge is -2.13. The first-order valence-electron chi connectivity index (χ1n) is 10.5. The molecule has 4 aromatic rings. The third-order valence-corrected chi connectivity index (χ3v) is 5.68. The number of hydrogen-bond acceptors (Lipinski definition) is 1. The van der Waals surface area contributed by atoms with E-state index in [9.17, 15) is 9.18 Å². The van der Waals surface area contributed by atoms with Gasteiger partial charge in [0.25, 0.3) is 5.91 Å². The van der Waals surface area contributed by atoms with E-state index in [0.717, 1.165) is 27.8 Å². The fourth-order valence-electron chi connectivity index (χ4n) is 3.88. The molecule has 0 radical (unpaired) electrons. The summed E-state index contributed by atoms with van der Waals surface area (Å²) in [6.45, 7) is 3.07. The van der Waals surface area contributed by atoms with Crippen LogP contribution in [0.1, 0.15) is 27.2 Å². The van der Waals surface area contributed by atoms with Gasteiger partial charge in [-0.1, -0.05) is 66.2 Å². The quantitative estimate of drug-likeness (QED) is 0.356. The van der Waals surface area contributed by atoms with Crippen molar-refractivity contribution in [2.24, 2.45) is 0 Å². The average molecular weight is 447 g/mol. The first-order valence-corrected chi connectivity index (χ1v) is 10.9. The van der Waals surface area contributed by atoms with Gasteiger partial charge in [0, 0.05) is 29.9 Å². The van der Waals surface area contributed by atoms with E-state index in [4.69, 9.17) is 11.6 Å². The molecule has 4 rings (SSSR count). The van der Waals surface area contributed by atoms with Crippen molar-refractivity contribution in [3.05, 3.63) is 118 Å². The van der Waals surface area contributed by atoms with Crippen LogP contribution in [0, 0.1) is 12.7 Å². The summed E-state index contributed by atoms with van der Waals surface area (Å²) in [5.41, 5.74) is 5.57. The van der Waals surface area contributed by atoms with Crippen molar-refractivity contribution in [1.29, 1.82) is 0 Å². The number of aromatic nitrogens is 1. The summed E-state index contributed by atoms with van der Waals surface area (Å²) in [6.07, 6.45) is 2.65. The number of hydrogen-bond donors (Lipinski definition) is 1. The molecule has 0 bridgehead atoms. The molecule has 0 atom stereocenters. The van der Waals surface area contributed by atoms with Gasteiger partial charge in [-0.3, -0.25) is 4.79 Å². The van der Waals surface area contributed by atoms with Crippen molar-refractivity contribution in [3.8, 4) is 11.1 Å². The molecule has 0 saturated carbocycles. The topological polar surface area (TPSA) is 34.0 Å². The molecule has 5 heteroatoms. The Morgan fingerprint density at radius 2 is 1.62 bits per heavy atom. The number of halogens is 2. The highest BCUT2D eigenvalue weighted by atomic mass is 35.5. The molecular weight excluding hydrogens is 423 g/mol. The number of nitrogens with zero attached hydrogens (tertiary/aromatic N) is 1. The Labute approximate surface area is 192 Å². The van der Waals surface area contributed by atoms with Gasteiger partial charge in [-0.25, -0.2) is 4.39 Å². The second-order valence-electron chi connectivity index (χ2n) is 7.79. The molecule has 1 aromatic heterocycles. The second-order valence-corrected chi connectivity index (χ2v) is 8.22. The predicted molar refractivity (Wildman–Crippen MR) is 128 cm³/mol. The van der Waals surface area contributed by atoms with Gasteiger partial charge < -0.3 is 9.88 Å². The minimum absolute atomic E-state index is 0.138. The van der Waals surface area contributed by atoms with Crippen LogP contribution in [0.25, 0.3) is 11.1 Å². The van der Waals surface area contributed by atoms with Crippen LogP contribution in [0.3, 0.4) is 0 Å². The van der Waals surface area contributed by atoms with Crippen LogP contribution in [-0.2, 0) is 13.0 Å².